The van der Waals surface area contributed by atoms with Gasteiger partial charge in [-0.05, 0) is 37.1 Å². The molecule has 0 spiro atoms. The SMILES string of the molecule is Cc1cc(N(C)CCCC(=O)O)ccc1C(N)=O. The Bertz CT molecular complexity index is 458. The van der Waals surface area contributed by atoms with E-state index >= 15 is 0 Å². The lowest BCUT2D eigenvalue weighted by Crippen LogP contribution is -2.20. The Morgan fingerprint density at radius 1 is 1.39 bits per heavy atom. The van der Waals surface area contributed by atoms with Crippen molar-refractivity contribution < 1.29 is 14.7 Å². The number of rotatable bonds is 6. The highest BCUT2D eigenvalue weighted by Crippen LogP contribution is 2.18. The van der Waals surface area contributed by atoms with Crippen LogP contribution < -0.4 is 10.6 Å². The van der Waals surface area contributed by atoms with Crippen LogP contribution >= 0.6 is 0 Å². The third-order valence-corrected chi connectivity index (χ3v) is 2.80. The van der Waals surface area contributed by atoms with Gasteiger partial charge in [-0.1, -0.05) is 0 Å². The van der Waals surface area contributed by atoms with Crippen molar-refractivity contribution in [2.75, 3.05) is 18.5 Å². The summed E-state index contributed by atoms with van der Waals surface area (Å²) in [6.45, 7) is 2.48. The number of carboxylic acids is 1. The standard InChI is InChI=1S/C13H18N2O3/c1-9-8-10(5-6-11(9)13(14)18)15(2)7-3-4-12(16)17/h5-6,8H,3-4,7H2,1-2H3,(H2,14,18)(H,16,17). The van der Waals surface area contributed by atoms with Crippen LogP contribution in [0.15, 0.2) is 18.2 Å². The molecule has 1 amide bonds. The highest BCUT2D eigenvalue weighted by atomic mass is 16.4. The van der Waals surface area contributed by atoms with Crippen LogP contribution in [0.1, 0.15) is 28.8 Å². The molecule has 0 bridgehead atoms. The van der Waals surface area contributed by atoms with Crippen molar-refractivity contribution in [3.63, 3.8) is 0 Å². The second kappa shape index (κ2) is 6.05. The largest absolute Gasteiger partial charge is 0.481 e. The van der Waals surface area contributed by atoms with Gasteiger partial charge in [0.1, 0.15) is 0 Å². The van der Waals surface area contributed by atoms with Crippen molar-refractivity contribution in [3.05, 3.63) is 29.3 Å². The molecule has 98 valence electrons. The van der Waals surface area contributed by atoms with Crippen molar-refractivity contribution in [3.8, 4) is 0 Å². The monoisotopic (exact) mass is 250 g/mol. The molecule has 0 heterocycles. The predicted octanol–water partition coefficient (Wildman–Crippen LogP) is 1.39. The zero-order valence-corrected chi connectivity index (χ0v) is 10.6. The molecule has 0 unspecified atom stereocenters. The average molecular weight is 250 g/mol. The van der Waals surface area contributed by atoms with E-state index in [9.17, 15) is 9.59 Å². The molecule has 18 heavy (non-hydrogen) atoms. The number of amides is 1. The molecule has 0 aliphatic rings. The number of aryl methyl sites for hydroxylation is 1. The number of hydrogen-bond donors (Lipinski definition) is 2. The van der Waals surface area contributed by atoms with Crippen molar-refractivity contribution in [2.45, 2.75) is 19.8 Å². The molecule has 3 N–H and O–H groups in total. The lowest BCUT2D eigenvalue weighted by molar-refractivity contribution is -0.137. The van der Waals surface area contributed by atoms with Gasteiger partial charge in [-0.15, -0.1) is 0 Å². The van der Waals surface area contributed by atoms with E-state index in [1.807, 2.05) is 31.0 Å². The summed E-state index contributed by atoms with van der Waals surface area (Å²) in [4.78, 5) is 23.5. The fourth-order valence-electron chi connectivity index (χ4n) is 1.76. The maximum absolute atomic E-state index is 11.1. The van der Waals surface area contributed by atoms with E-state index in [2.05, 4.69) is 0 Å². The molecule has 0 aliphatic carbocycles. The van der Waals surface area contributed by atoms with E-state index in [4.69, 9.17) is 10.8 Å². The molecular formula is C13H18N2O3. The number of carbonyl (C=O) groups is 2. The number of carboxylic acid groups (broad SMARTS) is 1. The number of nitrogens with two attached hydrogens (primary N) is 1. The minimum atomic E-state index is -0.788. The quantitative estimate of drug-likeness (QED) is 0.799. The van der Waals surface area contributed by atoms with Gasteiger partial charge in [-0.3, -0.25) is 9.59 Å². The fourth-order valence-corrected chi connectivity index (χ4v) is 1.76. The number of anilines is 1. The van der Waals surface area contributed by atoms with Crippen molar-refractivity contribution in [1.29, 1.82) is 0 Å². The van der Waals surface area contributed by atoms with Gasteiger partial charge in [-0.2, -0.15) is 0 Å². The number of nitrogens with zero attached hydrogens (tertiary/aromatic N) is 1. The fraction of sp³-hybridized carbons (Fsp3) is 0.385. The minimum absolute atomic E-state index is 0.155. The van der Waals surface area contributed by atoms with Gasteiger partial charge >= 0.3 is 5.97 Å². The molecule has 0 fully saturated rings. The Balaban J connectivity index is 2.69. The van der Waals surface area contributed by atoms with Gasteiger partial charge in [0.25, 0.3) is 0 Å². The zero-order valence-electron chi connectivity index (χ0n) is 10.6. The van der Waals surface area contributed by atoms with E-state index in [0.717, 1.165) is 11.3 Å². The van der Waals surface area contributed by atoms with Crippen molar-refractivity contribution in [2.24, 2.45) is 5.73 Å². The van der Waals surface area contributed by atoms with Crippen LogP contribution in [-0.2, 0) is 4.79 Å². The van der Waals surface area contributed by atoms with E-state index in [1.165, 1.54) is 0 Å². The summed E-state index contributed by atoms with van der Waals surface area (Å²) in [6, 6.07) is 5.38. The summed E-state index contributed by atoms with van der Waals surface area (Å²) in [5.41, 5.74) is 7.52. The maximum atomic E-state index is 11.1. The summed E-state index contributed by atoms with van der Waals surface area (Å²) in [6.07, 6.45) is 0.741. The Morgan fingerprint density at radius 2 is 2.06 bits per heavy atom. The molecule has 1 rings (SSSR count). The third kappa shape index (κ3) is 3.76. The van der Waals surface area contributed by atoms with Crippen molar-refractivity contribution in [1.82, 2.24) is 0 Å². The zero-order chi connectivity index (χ0) is 13.7. The smallest absolute Gasteiger partial charge is 0.303 e. The van der Waals surface area contributed by atoms with Gasteiger partial charge in [0.2, 0.25) is 5.91 Å². The average Bonchev–Trinajstić information content (AvgIpc) is 2.27. The third-order valence-electron chi connectivity index (χ3n) is 2.80. The first-order valence-corrected chi connectivity index (χ1v) is 5.75. The van der Waals surface area contributed by atoms with Crippen LogP contribution in [0.4, 0.5) is 5.69 Å². The molecule has 0 radical (unpaired) electrons. The molecule has 1 aromatic rings. The highest BCUT2D eigenvalue weighted by molar-refractivity contribution is 5.94. The van der Waals surface area contributed by atoms with E-state index in [1.54, 1.807) is 6.07 Å². The number of benzene rings is 1. The van der Waals surface area contributed by atoms with E-state index < -0.39 is 11.9 Å². The lowest BCUT2D eigenvalue weighted by Gasteiger charge is -2.19. The van der Waals surface area contributed by atoms with Gasteiger partial charge in [0.05, 0.1) is 0 Å². The van der Waals surface area contributed by atoms with Gasteiger partial charge < -0.3 is 15.7 Å². The molecule has 0 aromatic heterocycles. The van der Waals surface area contributed by atoms with Gasteiger partial charge in [-0.25, -0.2) is 0 Å². The topological polar surface area (TPSA) is 83.6 Å². The molecular weight excluding hydrogens is 232 g/mol. The minimum Gasteiger partial charge on any atom is -0.481 e. The Morgan fingerprint density at radius 3 is 2.56 bits per heavy atom. The summed E-state index contributed by atoms with van der Waals surface area (Å²) in [5, 5.41) is 8.57. The summed E-state index contributed by atoms with van der Waals surface area (Å²) >= 11 is 0. The van der Waals surface area contributed by atoms with Crippen molar-refractivity contribution >= 4 is 17.6 Å². The first-order valence-electron chi connectivity index (χ1n) is 5.75. The number of hydrogen-bond acceptors (Lipinski definition) is 3. The Kier molecular flexibility index (Phi) is 4.71. The molecule has 0 saturated carbocycles. The first kappa shape index (κ1) is 14.0. The number of carbonyl (C=O) groups excluding carboxylic acids is 1. The van der Waals surface area contributed by atoms with Gasteiger partial charge in [0, 0.05) is 31.3 Å². The second-order valence-electron chi connectivity index (χ2n) is 4.28. The predicted molar refractivity (Wildman–Crippen MR) is 69.8 cm³/mol. The summed E-state index contributed by atoms with van der Waals surface area (Å²) < 4.78 is 0. The molecule has 0 aliphatic heterocycles. The normalized spacial score (nSPS) is 10.1. The van der Waals surface area contributed by atoms with Crippen LogP contribution in [-0.4, -0.2) is 30.6 Å². The number of primary amides is 1. The van der Waals surface area contributed by atoms with Crippen LogP contribution in [0, 0.1) is 6.92 Å². The van der Waals surface area contributed by atoms with Crippen LogP contribution in [0.25, 0.3) is 0 Å². The Labute approximate surface area is 106 Å². The van der Waals surface area contributed by atoms with E-state index in [-0.39, 0.29) is 6.42 Å². The molecule has 0 atom stereocenters. The van der Waals surface area contributed by atoms with E-state index in [0.29, 0.717) is 18.5 Å². The van der Waals surface area contributed by atoms with Crippen LogP contribution in [0.5, 0.6) is 0 Å². The molecule has 1 aromatic carbocycles. The lowest BCUT2D eigenvalue weighted by atomic mass is 10.1. The number of aliphatic carboxylic acids is 1. The summed E-state index contributed by atoms with van der Waals surface area (Å²) in [7, 11) is 1.89. The maximum Gasteiger partial charge on any atom is 0.303 e. The van der Waals surface area contributed by atoms with Crippen LogP contribution in [0.2, 0.25) is 0 Å². The second-order valence-corrected chi connectivity index (χ2v) is 4.28. The Hall–Kier alpha value is -2.04. The molecule has 0 saturated heterocycles. The molecule has 5 nitrogen and oxygen atoms in total. The highest BCUT2D eigenvalue weighted by Gasteiger charge is 2.08. The first-order chi connectivity index (χ1) is 8.41. The summed E-state index contributed by atoms with van der Waals surface area (Å²) in [5.74, 6) is -1.23. The molecule has 5 heteroatoms. The van der Waals surface area contributed by atoms with Gasteiger partial charge in [0.15, 0.2) is 0 Å². The van der Waals surface area contributed by atoms with Crippen LogP contribution in [0.3, 0.4) is 0 Å².